The largest absolute Gasteiger partial charge is 0.478 e. The first-order chi connectivity index (χ1) is 11.1. The van der Waals surface area contributed by atoms with Crippen molar-refractivity contribution in [2.24, 2.45) is 0 Å². The third kappa shape index (κ3) is 3.62. The molecule has 2 atom stereocenters. The van der Waals surface area contributed by atoms with E-state index in [1.54, 1.807) is 12.1 Å². The van der Waals surface area contributed by atoms with Crippen LogP contribution in [0.2, 0.25) is 0 Å². The molecule has 23 heavy (non-hydrogen) atoms. The minimum absolute atomic E-state index is 0.256. The molecule has 0 spiro atoms. The van der Waals surface area contributed by atoms with E-state index < -0.39 is 5.97 Å². The third-order valence-electron chi connectivity index (χ3n) is 5.01. The highest BCUT2D eigenvalue weighted by atomic mass is 16.4. The molecule has 2 aromatic carbocycles. The second-order valence-electron chi connectivity index (χ2n) is 6.75. The van der Waals surface area contributed by atoms with E-state index in [1.165, 1.54) is 18.4 Å². The summed E-state index contributed by atoms with van der Waals surface area (Å²) in [6, 6.07) is 18.4. The van der Waals surface area contributed by atoms with Crippen molar-refractivity contribution in [2.75, 3.05) is 0 Å². The van der Waals surface area contributed by atoms with Crippen LogP contribution < -0.4 is 5.32 Å². The maximum absolute atomic E-state index is 10.9. The van der Waals surface area contributed by atoms with Gasteiger partial charge in [-0.1, -0.05) is 49.4 Å². The molecule has 1 fully saturated rings. The van der Waals surface area contributed by atoms with Gasteiger partial charge in [0.2, 0.25) is 0 Å². The Balaban J connectivity index is 1.57. The molecule has 0 bridgehead atoms. The molecule has 0 aromatic heterocycles. The number of carboxylic acid groups (broad SMARTS) is 1. The fourth-order valence-corrected chi connectivity index (χ4v) is 3.55. The van der Waals surface area contributed by atoms with Gasteiger partial charge in [-0.25, -0.2) is 4.79 Å². The van der Waals surface area contributed by atoms with Crippen LogP contribution in [-0.4, -0.2) is 17.1 Å². The fraction of sp³-hybridized carbons (Fsp3) is 0.350. The Bertz CT molecular complexity index is 666. The second kappa shape index (κ2) is 6.55. The molecular formula is C20H23NO2. The molecule has 0 aliphatic heterocycles. The minimum Gasteiger partial charge on any atom is -0.478 e. The number of hydrogen-bond donors (Lipinski definition) is 2. The van der Waals surface area contributed by atoms with Crippen LogP contribution in [0.4, 0.5) is 0 Å². The topological polar surface area (TPSA) is 49.3 Å². The van der Waals surface area contributed by atoms with Crippen LogP contribution >= 0.6 is 0 Å². The summed E-state index contributed by atoms with van der Waals surface area (Å²) in [5.74, 6) is -0.876. The van der Waals surface area contributed by atoms with E-state index in [-0.39, 0.29) is 5.41 Å². The lowest BCUT2D eigenvalue weighted by Crippen LogP contribution is -2.28. The first-order valence-electron chi connectivity index (χ1n) is 8.18. The lowest BCUT2D eigenvalue weighted by Gasteiger charge is -2.25. The first-order valence-corrected chi connectivity index (χ1v) is 8.18. The van der Waals surface area contributed by atoms with E-state index in [1.807, 2.05) is 12.1 Å². The SMILES string of the molecule is C[C@]1(c2ccccc2)CC[C@@H](NCc2ccc(C(=O)O)cc2)C1. The summed E-state index contributed by atoms with van der Waals surface area (Å²) < 4.78 is 0. The van der Waals surface area contributed by atoms with Gasteiger partial charge in [0.1, 0.15) is 0 Å². The monoisotopic (exact) mass is 309 g/mol. The average Bonchev–Trinajstić information content (AvgIpc) is 2.97. The molecule has 0 saturated heterocycles. The van der Waals surface area contributed by atoms with Gasteiger partial charge in [0.05, 0.1) is 5.56 Å². The molecule has 1 aliphatic rings. The van der Waals surface area contributed by atoms with Crippen LogP contribution in [0.3, 0.4) is 0 Å². The van der Waals surface area contributed by atoms with Crippen LogP contribution in [0, 0.1) is 0 Å². The molecule has 2 aromatic rings. The Morgan fingerprint density at radius 3 is 2.52 bits per heavy atom. The van der Waals surface area contributed by atoms with Crippen molar-refractivity contribution in [1.82, 2.24) is 5.32 Å². The van der Waals surface area contributed by atoms with Gasteiger partial charge in [0, 0.05) is 12.6 Å². The highest BCUT2D eigenvalue weighted by Gasteiger charge is 2.35. The summed E-state index contributed by atoms with van der Waals surface area (Å²) in [6.45, 7) is 3.14. The number of benzene rings is 2. The van der Waals surface area contributed by atoms with Gasteiger partial charge in [-0.2, -0.15) is 0 Å². The number of rotatable bonds is 5. The predicted molar refractivity (Wildman–Crippen MR) is 91.7 cm³/mol. The Hall–Kier alpha value is -2.13. The second-order valence-corrected chi connectivity index (χ2v) is 6.75. The van der Waals surface area contributed by atoms with Crippen LogP contribution in [0.15, 0.2) is 54.6 Å². The fourth-order valence-electron chi connectivity index (χ4n) is 3.55. The normalized spacial score (nSPS) is 23.8. The van der Waals surface area contributed by atoms with Crippen LogP contribution in [0.25, 0.3) is 0 Å². The quantitative estimate of drug-likeness (QED) is 0.878. The van der Waals surface area contributed by atoms with E-state index in [0.29, 0.717) is 11.6 Å². The van der Waals surface area contributed by atoms with Crippen LogP contribution in [-0.2, 0) is 12.0 Å². The summed E-state index contributed by atoms with van der Waals surface area (Å²) in [6.07, 6.45) is 3.52. The molecule has 0 heterocycles. The molecule has 3 heteroatoms. The summed E-state index contributed by atoms with van der Waals surface area (Å²) in [4.78, 5) is 10.9. The molecular weight excluding hydrogens is 286 g/mol. The van der Waals surface area contributed by atoms with Gasteiger partial charge < -0.3 is 10.4 Å². The number of carbonyl (C=O) groups is 1. The van der Waals surface area contributed by atoms with Gasteiger partial charge in [-0.3, -0.25) is 0 Å². The smallest absolute Gasteiger partial charge is 0.335 e. The molecule has 3 rings (SSSR count). The number of hydrogen-bond acceptors (Lipinski definition) is 2. The van der Waals surface area contributed by atoms with Gasteiger partial charge in [-0.15, -0.1) is 0 Å². The zero-order chi connectivity index (χ0) is 16.3. The highest BCUT2D eigenvalue weighted by molar-refractivity contribution is 5.87. The van der Waals surface area contributed by atoms with E-state index in [2.05, 4.69) is 42.6 Å². The van der Waals surface area contributed by atoms with Crippen LogP contribution in [0.5, 0.6) is 0 Å². The van der Waals surface area contributed by atoms with Gasteiger partial charge in [0.15, 0.2) is 0 Å². The molecule has 0 amide bonds. The van der Waals surface area contributed by atoms with Crippen molar-refractivity contribution < 1.29 is 9.90 Å². The summed E-state index contributed by atoms with van der Waals surface area (Å²) in [5, 5.41) is 12.6. The van der Waals surface area contributed by atoms with Crippen molar-refractivity contribution in [3.63, 3.8) is 0 Å². The molecule has 1 saturated carbocycles. The average molecular weight is 309 g/mol. The summed E-state index contributed by atoms with van der Waals surface area (Å²) in [5.41, 5.74) is 3.15. The number of aromatic carboxylic acids is 1. The van der Waals surface area contributed by atoms with Crippen molar-refractivity contribution in [3.05, 3.63) is 71.3 Å². The zero-order valence-electron chi connectivity index (χ0n) is 13.5. The molecule has 1 aliphatic carbocycles. The maximum Gasteiger partial charge on any atom is 0.335 e. The standard InChI is InChI=1S/C20H23NO2/c1-20(17-5-3-2-4-6-17)12-11-18(13-20)21-14-15-7-9-16(10-8-15)19(22)23/h2-10,18,21H,11-14H2,1H3,(H,22,23)/t18-,20+/m1/s1. The van der Waals surface area contributed by atoms with Gasteiger partial charge >= 0.3 is 5.97 Å². The molecule has 0 radical (unpaired) electrons. The van der Waals surface area contributed by atoms with Crippen molar-refractivity contribution in [3.8, 4) is 0 Å². The first kappa shape index (κ1) is 15.8. The summed E-state index contributed by atoms with van der Waals surface area (Å²) in [7, 11) is 0. The van der Waals surface area contributed by atoms with E-state index in [9.17, 15) is 4.79 Å². The third-order valence-corrected chi connectivity index (χ3v) is 5.01. The maximum atomic E-state index is 10.9. The molecule has 2 N–H and O–H groups in total. The minimum atomic E-state index is -0.876. The van der Waals surface area contributed by atoms with Crippen molar-refractivity contribution >= 4 is 5.97 Å². The van der Waals surface area contributed by atoms with E-state index >= 15 is 0 Å². The van der Waals surface area contributed by atoms with E-state index in [0.717, 1.165) is 18.5 Å². The van der Waals surface area contributed by atoms with Gasteiger partial charge in [-0.05, 0) is 47.9 Å². The predicted octanol–water partition coefficient (Wildman–Crippen LogP) is 3.98. The molecule has 120 valence electrons. The number of nitrogens with one attached hydrogen (secondary N) is 1. The summed E-state index contributed by atoms with van der Waals surface area (Å²) >= 11 is 0. The van der Waals surface area contributed by atoms with E-state index in [4.69, 9.17) is 5.11 Å². The zero-order valence-corrected chi connectivity index (χ0v) is 13.5. The Labute approximate surface area is 137 Å². The Morgan fingerprint density at radius 2 is 1.87 bits per heavy atom. The highest BCUT2D eigenvalue weighted by Crippen LogP contribution is 2.40. The number of carboxylic acids is 1. The lowest BCUT2D eigenvalue weighted by molar-refractivity contribution is 0.0697. The Morgan fingerprint density at radius 1 is 1.17 bits per heavy atom. The molecule has 0 unspecified atom stereocenters. The van der Waals surface area contributed by atoms with Crippen molar-refractivity contribution in [1.29, 1.82) is 0 Å². The molecule has 3 nitrogen and oxygen atoms in total. The van der Waals surface area contributed by atoms with Crippen LogP contribution in [0.1, 0.15) is 47.7 Å². The Kier molecular flexibility index (Phi) is 4.49. The van der Waals surface area contributed by atoms with Gasteiger partial charge in [0.25, 0.3) is 0 Å². The lowest BCUT2D eigenvalue weighted by atomic mass is 9.81. The van der Waals surface area contributed by atoms with Crippen molar-refractivity contribution in [2.45, 2.75) is 44.2 Å².